The molecule has 154 valence electrons. The number of aromatic amines is 2. The van der Waals surface area contributed by atoms with Gasteiger partial charge in [0.2, 0.25) is 0 Å². The van der Waals surface area contributed by atoms with Crippen LogP contribution in [0.3, 0.4) is 0 Å². The van der Waals surface area contributed by atoms with Crippen molar-refractivity contribution in [1.82, 2.24) is 9.97 Å². The monoisotopic (exact) mass is 396 g/mol. The van der Waals surface area contributed by atoms with E-state index in [-0.39, 0.29) is 0 Å². The van der Waals surface area contributed by atoms with Crippen molar-refractivity contribution < 1.29 is 0 Å². The molecule has 5 rings (SSSR count). The maximum absolute atomic E-state index is 3.84. The van der Waals surface area contributed by atoms with Crippen LogP contribution < -0.4 is 0 Å². The molecule has 0 fully saturated rings. The third-order valence-electron chi connectivity index (χ3n) is 6.68. The van der Waals surface area contributed by atoms with Crippen LogP contribution in [0.25, 0.3) is 43.6 Å². The van der Waals surface area contributed by atoms with E-state index in [2.05, 4.69) is 72.3 Å². The van der Waals surface area contributed by atoms with E-state index >= 15 is 0 Å². The third-order valence-corrected chi connectivity index (χ3v) is 6.68. The van der Waals surface area contributed by atoms with Crippen LogP contribution in [0.15, 0.2) is 48.5 Å². The summed E-state index contributed by atoms with van der Waals surface area (Å²) in [6.07, 6.45) is 9.81. The number of para-hydroxylation sites is 2. The summed E-state index contributed by atoms with van der Waals surface area (Å²) in [5, 5.41) is 5.65. The molecule has 2 aromatic heterocycles. The molecule has 0 aliphatic heterocycles. The number of hydrogen-bond donors (Lipinski definition) is 2. The minimum atomic E-state index is 1.13. The fourth-order valence-electron chi connectivity index (χ4n) is 5.22. The first-order chi connectivity index (χ1) is 14.8. The lowest BCUT2D eigenvalue weighted by Crippen LogP contribution is -1.96. The molecule has 3 aromatic carbocycles. The summed E-state index contributed by atoms with van der Waals surface area (Å²) in [7, 11) is 0. The van der Waals surface area contributed by atoms with Crippen molar-refractivity contribution in [1.29, 1.82) is 0 Å². The Labute approximate surface area is 178 Å². The average molecular weight is 397 g/mol. The minimum Gasteiger partial charge on any atom is -0.354 e. The smallest absolute Gasteiger partial charge is 0.0508 e. The lowest BCUT2D eigenvalue weighted by atomic mass is 9.91. The van der Waals surface area contributed by atoms with Crippen LogP contribution in [0.1, 0.15) is 63.5 Å². The minimum absolute atomic E-state index is 1.13. The zero-order valence-electron chi connectivity index (χ0n) is 18.3. The van der Waals surface area contributed by atoms with Gasteiger partial charge in [-0.2, -0.15) is 0 Å². The molecule has 2 nitrogen and oxygen atoms in total. The van der Waals surface area contributed by atoms with Crippen molar-refractivity contribution in [2.24, 2.45) is 0 Å². The van der Waals surface area contributed by atoms with Gasteiger partial charge in [-0.15, -0.1) is 0 Å². The lowest BCUT2D eigenvalue weighted by molar-refractivity contribution is 0.718. The quantitative estimate of drug-likeness (QED) is 0.247. The van der Waals surface area contributed by atoms with Gasteiger partial charge in [0.05, 0.1) is 11.0 Å². The van der Waals surface area contributed by atoms with Crippen molar-refractivity contribution in [3.8, 4) is 0 Å². The molecule has 0 amide bonds. The summed E-state index contributed by atoms with van der Waals surface area (Å²) in [6, 6.07) is 17.7. The Balaban J connectivity index is 1.89. The first-order valence-corrected chi connectivity index (χ1v) is 11.8. The van der Waals surface area contributed by atoms with Gasteiger partial charge in [0.25, 0.3) is 0 Å². The molecule has 2 N–H and O–H groups in total. The fraction of sp³-hybridized carbons (Fsp3) is 0.357. The highest BCUT2D eigenvalue weighted by atomic mass is 14.7. The Morgan fingerprint density at radius 3 is 1.43 bits per heavy atom. The number of unbranched alkanes of at least 4 members (excludes halogenated alkanes) is 4. The second-order valence-electron chi connectivity index (χ2n) is 8.71. The predicted molar refractivity (Wildman–Crippen MR) is 132 cm³/mol. The molecule has 30 heavy (non-hydrogen) atoms. The Bertz CT molecular complexity index is 1210. The highest BCUT2D eigenvalue weighted by Crippen LogP contribution is 2.41. The number of hydrogen-bond acceptors (Lipinski definition) is 0. The van der Waals surface area contributed by atoms with Gasteiger partial charge >= 0.3 is 0 Å². The molecule has 0 spiro atoms. The number of aryl methyl sites for hydroxylation is 2. The molecule has 0 saturated carbocycles. The van der Waals surface area contributed by atoms with E-state index < -0.39 is 0 Å². The second-order valence-corrected chi connectivity index (χ2v) is 8.71. The van der Waals surface area contributed by atoms with E-state index in [9.17, 15) is 0 Å². The summed E-state index contributed by atoms with van der Waals surface area (Å²) in [4.78, 5) is 7.67. The van der Waals surface area contributed by atoms with Gasteiger partial charge in [-0.1, -0.05) is 75.9 Å². The van der Waals surface area contributed by atoms with E-state index in [1.807, 2.05) is 0 Å². The summed E-state index contributed by atoms with van der Waals surface area (Å²) in [5.74, 6) is 0. The van der Waals surface area contributed by atoms with Crippen LogP contribution in [0.4, 0.5) is 0 Å². The SMILES string of the molecule is CCCCCc1c2[nH]c3ccccc3c2c(CCCCC)c2[nH]c3ccccc3c12. The topological polar surface area (TPSA) is 31.6 Å². The summed E-state index contributed by atoms with van der Waals surface area (Å²) in [6.45, 7) is 4.58. The van der Waals surface area contributed by atoms with E-state index in [4.69, 9.17) is 0 Å². The van der Waals surface area contributed by atoms with E-state index in [1.165, 1.54) is 93.3 Å². The molecule has 2 heteroatoms. The zero-order chi connectivity index (χ0) is 20.5. The number of nitrogens with one attached hydrogen (secondary N) is 2. The largest absolute Gasteiger partial charge is 0.354 e. The molecule has 0 aliphatic carbocycles. The van der Waals surface area contributed by atoms with E-state index in [0.717, 1.165) is 12.8 Å². The van der Waals surface area contributed by atoms with Gasteiger partial charge < -0.3 is 9.97 Å². The summed E-state index contributed by atoms with van der Waals surface area (Å²) >= 11 is 0. The van der Waals surface area contributed by atoms with E-state index in [0.29, 0.717) is 0 Å². The number of benzene rings is 3. The lowest BCUT2D eigenvalue weighted by Gasteiger charge is -2.13. The summed E-state index contributed by atoms with van der Waals surface area (Å²) < 4.78 is 0. The average Bonchev–Trinajstić information content (AvgIpc) is 3.34. The number of H-pyrrole nitrogens is 2. The van der Waals surface area contributed by atoms with Crippen LogP contribution in [-0.2, 0) is 12.8 Å². The van der Waals surface area contributed by atoms with Crippen molar-refractivity contribution in [3.05, 3.63) is 59.7 Å². The number of rotatable bonds is 8. The van der Waals surface area contributed by atoms with Gasteiger partial charge in [0.1, 0.15) is 0 Å². The van der Waals surface area contributed by atoms with Crippen LogP contribution in [0.2, 0.25) is 0 Å². The van der Waals surface area contributed by atoms with Crippen LogP contribution in [0.5, 0.6) is 0 Å². The molecular weight excluding hydrogens is 364 g/mol. The normalized spacial score (nSPS) is 12.1. The van der Waals surface area contributed by atoms with Gasteiger partial charge in [-0.05, 0) is 48.9 Å². The first kappa shape index (κ1) is 19.2. The molecule has 0 saturated heterocycles. The van der Waals surface area contributed by atoms with Crippen molar-refractivity contribution >= 4 is 43.6 Å². The molecule has 0 bridgehead atoms. The Morgan fingerprint density at radius 2 is 1.00 bits per heavy atom. The maximum Gasteiger partial charge on any atom is 0.0508 e. The highest BCUT2D eigenvalue weighted by Gasteiger charge is 2.20. The number of fused-ring (bicyclic) bond motifs is 6. The predicted octanol–water partition coefficient (Wildman–Crippen LogP) is 8.42. The molecule has 0 radical (unpaired) electrons. The van der Waals surface area contributed by atoms with Crippen molar-refractivity contribution in [3.63, 3.8) is 0 Å². The van der Waals surface area contributed by atoms with Gasteiger partial charge in [-0.3, -0.25) is 0 Å². The number of aromatic nitrogens is 2. The molecule has 0 unspecified atom stereocenters. The van der Waals surface area contributed by atoms with E-state index in [1.54, 1.807) is 0 Å². The first-order valence-electron chi connectivity index (χ1n) is 11.8. The van der Waals surface area contributed by atoms with Crippen LogP contribution in [-0.4, -0.2) is 9.97 Å². The van der Waals surface area contributed by atoms with Gasteiger partial charge in [0, 0.05) is 32.6 Å². The maximum atomic E-state index is 3.84. The van der Waals surface area contributed by atoms with Gasteiger partial charge in [-0.25, -0.2) is 0 Å². The van der Waals surface area contributed by atoms with Crippen molar-refractivity contribution in [2.45, 2.75) is 65.2 Å². The second kappa shape index (κ2) is 8.18. The fourth-order valence-corrected chi connectivity index (χ4v) is 5.22. The third kappa shape index (κ3) is 3.10. The molecule has 2 heterocycles. The van der Waals surface area contributed by atoms with Crippen molar-refractivity contribution in [2.75, 3.05) is 0 Å². The summed E-state index contributed by atoms with van der Waals surface area (Å²) in [5.41, 5.74) is 8.27. The molecule has 5 aromatic rings. The highest BCUT2D eigenvalue weighted by molar-refractivity contribution is 6.21. The van der Waals surface area contributed by atoms with Crippen LogP contribution >= 0.6 is 0 Å². The van der Waals surface area contributed by atoms with Crippen LogP contribution in [0, 0.1) is 0 Å². The Hall–Kier alpha value is -2.74. The molecule has 0 atom stereocenters. The molecular formula is C28H32N2. The zero-order valence-corrected chi connectivity index (χ0v) is 18.3. The van der Waals surface area contributed by atoms with Gasteiger partial charge in [0.15, 0.2) is 0 Å². The Morgan fingerprint density at radius 1 is 0.567 bits per heavy atom. The standard InChI is InChI=1S/C28H32N2/c1-3-5-7-15-21-25-19-13-9-11-17-23(19)30-28(25)22(16-8-6-4-2)26-20-14-10-12-18-24(20)29-27(21)26/h9-14,17-18,29-30H,3-8,15-16H2,1-2H3. The Kier molecular flexibility index (Phi) is 5.25. The molecule has 0 aliphatic rings.